The number of halogens is 3. The lowest BCUT2D eigenvalue weighted by Gasteiger charge is -2.14. The van der Waals surface area contributed by atoms with Gasteiger partial charge in [-0.1, -0.05) is 12.1 Å². The molecule has 0 radical (unpaired) electrons. The summed E-state index contributed by atoms with van der Waals surface area (Å²) < 4.78 is 42.2. The van der Waals surface area contributed by atoms with Gasteiger partial charge in [-0.2, -0.15) is 0 Å². The molecule has 2 aromatic rings. The fourth-order valence-electron chi connectivity index (χ4n) is 1.38. The van der Waals surface area contributed by atoms with Crippen LogP contribution in [0.25, 0.3) is 11.0 Å². The van der Waals surface area contributed by atoms with Crippen molar-refractivity contribution in [3.05, 3.63) is 30.0 Å². The first-order valence-electron chi connectivity index (χ1n) is 4.16. The molecule has 0 saturated heterocycles. The van der Waals surface area contributed by atoms with E-state index in [1.54, 1.807) is 6.92 Å². The summed E-state index contributed by atoms with van der Waals surface area (Å²) in [7, 11) is 0. The van der Waals surface area contributed by atoms with Gasteiger partial charge in [-0.15, -0.1) is 5.46 Å². The Labute approximate surface area is 78.6 Å². The summed E-state index contributed by atoms with van der Waals surface area (Å²) in [5, 5.41) is 0.529. The lowest BCUT2D eigenvalue weighted by Crippen LogP contribution is -2.33. The molecule has 0 unspecified atom stereocenters. The predicted octanol–water partition coefficient (Wildman–Crippen LogP) is 2.80. The molecule has 0 aliphatic rings. The van der Waals surface area contributed by atoms with E-state index in [0.29, 0.717) is 11.0 Å². The molecule has 1 nitrogen and oxygen atoms in total. The second-order valence-corrected chi connectivity index (χ2v) is 3.25. The molecule has 1 aromatic carbocycles. The van der Waals surface area contributed by atoms with Crippen molar-refractivity contribution in [3.63, 3.8) is 0 Å². The Morgan fingerprint density at radius 1 is 1.21 bits per heavy atom. The molecule has 1 heterocycles. The summed E-state index contributed by atoms with van der Waals surface area (Å²) in [6, 6.07) is 3.53. The van der Waals surface area contributed by atoms with Crippen molar-refractivity contribution in [1.29, 1.82) is 0 Å². The first-order valence-corrected chi connectivity index (χ1v) is 4.16. The number of fused-ring (bicyclic) bond motifs is 1. The number of hydrogen-bond acceptors (Lipinski definition) is 1. The molecular weight excluding hydrogens is 192 g/mol. The van der Waals surface area contributed by atoms with Gasteiger partial charge in [-0.3, -0.25) is 0 Å². The molecule has 1 aromatic heterocycles. The molecular formula is C9H7BF3O-. The third-order valence-electron chi connectivity index (χ3n) is 2.17. The van der Waals surface area contributed by atoms with Crippen molar-refractivity contribution in [2.45, 2.75) is 6.92 Å². The van der Waals surface area contributed by atoms with Gasteiger partial charge in [-0.05, 0) is 18.6 Å². The molecule has 0 bridgehead atoms. The van der Waals surface area contributed by atoms with Gasteiger partial charge in [0.25, 0.3) is 0 Å². The van der Waals surface area contributed by atoms with E-state index in [-0.39, 0.29) is 0 Å². The van der Waals surface area contributed by atoms with Crippen LogP contribution in [0, 0.1) is 6.92 Å². The number of benzene rings is 1. The Morgan fingerprint density at radius 3 is 2.57 bits per heavy atom. The highest BCUT2D eigenvalue weighted by atomic mass is 19.4. The lowest BCUT2D eigenvalue weighted by molar-refractivity contribution is 0.501. The van der Waals surface area contributed by atoms with E-state index in [0.717, 1.165) is 17.7 Å². The molecule has 0 fully saturated rings. The Morgan fingerprint density at radius 2 is 1.93 bits per heavy atom. The molecule has 0 spiro atoms. The average molecular weight is 199 g/mol. The minimum Gasteiger partial charge on any atom is -0.464 e. The van der Waals surface area contributed by atoms with Gasteiger partial charge in [0, 0.05) is 5.39 Å². The molecule has 74 valence electrons. The largest absolute Gasteiger partial charge is 0.509 e. The highest BCUT2D eigenvalue weighted by Crippen LogP contribution is 2.20. The third kappa shape index (κ3) is 1.39. The van der Waals surface area contributed by atoms with E-state index in [4.69, 9.17) is 4.42 Å². The summed E-state index contributed by atoms with van der Waals surface area (Å²) in [6.45, 7) is -3.20. The van der Waals surface area contributed by atoms with Crippen molar-refractivity contribution >= 4 is 23.4 Å². The third-order valence-corrected chi connectivity index (χ3v) is 2.17. The van der Waals surface area contributed by atoms with Crippen molar-refractivity contribution in [2.24, 2.45) is 0 Å². The van der Waals surface area contributed by atoms with Gasteiger partial charge < -0.3 is 17.4 Å². The van der Waals surface area contributed by atoms with Crippen LogP contribution in [0.1, 0.15) is 5.56 Å². The zero-order chi connectivity index (χ0) is 10.3. The monoisotopic (exact) mass is 199 g/mol. The summed E-state index contributed by atoms with van der Waals surface area (Å²) >= 11 is 0. The van der Waals surface area contributed by atoms with Crippen molar-refractivity contribution < 1.29 is 17.4 Å². The van der Waals surface area contributed by atoms with Crippen LogP contribution in [0.4, 0.5) is 12.9 Å². The Kier molecular flexibility index (Phi) is 1.84. The minimum absolute atomic E-state index is 0.492. The molecule has 0 aliphatic heterocycles. The Hall–Kier alpha value is -1.39. The number of hydrogen-bond donors (Lipinski definition) is 0. The van der Waals surface area contributed by atoms with E-state index >= 15 is 0 Å². The van der Waals surface area contributed by atoms with E-state index in [9.17, 15) is 12.9 Å². The highest BCUT2D eigenvalue weighted by molar-refractivity contribution is 6.73. The van der Waals surface area contributed by atoms with Gasteiger partial charge in [0.15, 0.2) is 0 Å². The lowest BCUT2D eigenvalue weighted by atomic mass is 9.79. The normalized spacial score (nSPS) is 12.3. The van der Waals surface area contributed by atoms with Crippen molar-refractivity contribution in [2.75, 3.05) is 0 Å². The first kappa shape index (κ1) is 9.18. The van der Waals surface area contributed by atoms with Gasteiger partial charge in [0.05, 0.1) is 6.26 Å². The first-order chi connectivity index (χ1) is 6.48. The maximum Gasteiger partial charge on any atom is 0.509 e. The van der Waals surface area contributed by atoms with Crippen LogP contribution in [0.3, 0.4) is 0 Å². The van der Waals surface area contributed by atoms with E-state index in [1.807, 2.05) is 0 Å². The van der Waals surface area contributed by atoms with E-state index in [2.05, 4.69) is 0 Å². The standard InChI is InChI=1S/C9H7BF3O/c1-6-5-14-9-3-2-7(4-8(6)9)10(11,12)13/h2-5H,1H3/q-1. The van der Waals surface area contributed by atoms with Gasteiger partial charge in [-0.25, -0.2) is 0 Å². The van der Waals surface area contributed by atoms with Crippen LogP contribution < -0.4 is 5.46 Å². The molecule has 0 saturated carbocycles. The summed E-state index contributed by atoms with van der Waals surface area (Å²) in [6.07, 6.45) is 1.46. The van der Waals surface area contributed by atoms with Crippen LogP contribution in [0.15, 0.2) is 28.9 Å². The number of rotatable bonds is 1. The quantitative estimate of drug-likeness (QED) is 0.643. The fraction of sp³-hybridized carbons (Fsp3) is 0.111. The van der Waals surface area contributed by atoms with Crippen LogP contribution in [0.5, 0.6) is 0 Å². The van der Waals surface area contributed by atoms with Crippen LogP contribution in [-0.4, -0.2) is 6.98 Å². The predicted molar refractivity (Wildman–Crippen MR) is 49.7 cm³/mol. The highest BCUT2D eigenvalue weighted by Gasteiger charge is 2.25. The molecule has 0 N–H and O–H groups in total. The Bertz CT molecular complexity index is 472. The summed E-state index contributed by atoms with van der Waals surface area (Å²) in [5.41, 5.74) is 0.634. The SMILES string of the molecule is Cc1coc2ccc([B-](F)(F)F)cc12. The summed E-state index contributed by atoms with van der Waals surface area (Å²) in [5.74, 6) is 0. The zero-order valence-corrected chi connectivity index (χ0v) is 7.43. The second-order valence-electron chi connectivity index (χ2n) is 3.25. The smallest absolute Gasteiger partial charge is 0.464 e. The van der Waals surface area contributed by atoms with Crippen molar-refractivity contribution in [3.8, 4) is 0 Å². The average Bonchev–Trinajstić information content (AvgIpc) is 2.46. The van der Waals surface area contributed by atoms with Crippen LogP contribution >= 0.6 is 0 Å². The Balaban J connectivity index is 2.66. The van der Waals surface area contributed by atoms with Gasteiger partial charge >= 0.3 is 6.98 Å². The molecule has 2 rings (SSSR count). The molecule has 0 aliphatic carbocycles. The summed E-state index contributed by atoms with van der Waals surface area (Å²) in [4.78, 5) is 0. The van der Waals surface area contributed by atoms with E-state index in [1.165, 1.54) is 12.3 Å². The van der Waals surface area contributed by atoms with Crippen molar-refractivity contribution in [1.82, 2.24) is 0 Å². The minimum atomic E-state index is -4.92. The number of aryl methyl sites for hydroxylation is 1. The van der Waals surface area contributed by atoms with Gasteiger partial charge in [0.2, 0.25) is 0 Å². The fourth-order valence-corrected chi connectivity index (χ4v) is 1.38. The molecule has 5 heteroatoms. The van der Waals surface area contributed by atoms with Gasteiger partial charge in [0.1, 0.15) is 5.58 Å². The maximum atomic E-state index is 12.4. The van der Waals surface area contributed by atoms with Crippen LogP contribution in [0.2, 0.25) is 0 Å². The molecule has 14 heavy (non-hydrogen) atoms. The molecule has 0 amide bonds. The van der Waals surface area contributed by atoms with Crippen LogP contribution in [-0.2, 0) is 0 Å². The maximum absolute atomic E-state index is 12.4. The number of furan rings is 1. The molecule has 0 atom stereocenters. The zero-order valence-electron chi connectivity index (χ0n) is 7.43. The topological polar surface area (TPSA) is 13.1 Å². The van der Waals surface area contributed by atoms with E-state index < -0.39 is 12.4 Å². The second kappa shape index (κ2) is 2.80.